The van der Waals surface area contributed by atoms with Crippen LogP contribution in [-0.4, -0.2) is 23.5 Å². The third-order valence-electron chi connectivity index (χ3n) is 3.28. The van der Waals surface area contributed by atoms with E-state index >= 15 is 0 Å². The first-order valence-corrected chi connectivity index (χ1v) is 9.40. The summed E-state index contributed by atoms with van der Waals surface area (Å²) in [5, 5.41) is 7.23. The number of carbonyl (C=O) groups is 2. The van der Waals surface area contributed by atoms with Crippen molar-refractivity contribution in [2.75, 3.05) is 11.9 Å². The number of thiophene rings is 1. The maximum atomic E-state index is 11.9. The number of esters is 1. The average molecular weight is 393 g/mol. The van der Waals surface area contributed by atoms with Gasteiger partial charge in [0.1, 0.15) is 4.88 Å². The first kappa shape index (κ1) is 17.6. The van der Waals surface area contributed by atoms with Crippen LogP contribution < -0.4 is 5.32 Å². The van der Waals surface area contributed by atoms with Crippen molar-refractivity contribution < 1.29 is 14.3 Å². The van der Waals surface area contributed by atoms with E-state index in [0.717, 1.165) is 11.1 Å². The van der Waals surface area contributed by atoms with Gasteiger partial charge in [0.15, 0.2) is 11.7 Å². The number of aromatic nitrogens is 1. The topological polar surface area (TPSA) is 68.3 Å². The maximum Gasteiger partial charge on any atom is 0.349 e. The molecular formula is C17H13ClN2O3S2. The van der Waals surface area contributed by atoms with Crippen LogP contribution in [0.15, 0.2) is 41.1 Å². The second-order valence-corrected chi connectivity index (χ2v) is 7.26. The molecule has 2 aromatic heterocycles. The Morgan fingerprint density at radius 1 is 1.24 bits per heavy atom. The van der Waals surface area contributed by atoms with Gasteiger partial charge in [0.25, 0.3) is 5.91 Å². The van der Waals surface area contributed by atoms with E-state index in [1.165, 1.54) is 22.7 Å². The lowest BCUT2D eigenvalue weighted by atomic mass is 10.2. The molecule has 25 heavy (non-hydrogen) atoms. The monoisotopic (exact) mass is 392 g/mol. The number of thiazole rings is 1. The van der Waals surface area contributed by atoms with Gasteiger partial charge in [-0.05, 0) is 30.0 Å². The minimum Gasteiger partial charge on any atom is -0.451 e. The van der Waals surface area contributed by atoms with Crippen LogP contribution in [0.3, 0.4) is 0 Å². The lowest BCUT2D eigenvalue weighted by Crippen LogP contribution is -2.20. The zero-order valence-electron chi connectivity index (χ0n) is 13.1. The Bertz CT molecular complexity index is 920. The third-order valence-corrected chi connectivity index (χ3v) is 5.37. The van der Waals surface area contributed by atoms with Gasteiger partial charge < -0.3 is 4.74 Å². The van der Waals surface area contributed by atoms with Crippen molar-refractivity contribution in [1.29, 1.82) is 0 Å². The van der Waals surface area contributed by atoms with E-state index in [1.807, 2.05) is 31.2 Å². The van der Waals surface area contributed by atoms with Gasteiger partial charge in [-0.15, -0.1) is 22.7 Å². The summed E-state index contributed by atoms with van der Waals surface area (Å²) in [5.74, 6) is -0.943. The fraction of sp³-hybridized carbons (Fsp3) is 0.118. The number of benzene rings is 1. The molecule has 3 aromatic rings. The number of rotatable bonds is 5. The van der Waals surface area contributed by atoms with Crippen LogP contribution in [0.2, 0.25) is 5.02 Å². The molecule has 0 atom stereocenters. The number of amides is 1. The number of ether oxygens (including phenoxy) is 1. The number of hydrogen-bond acceptors (Lipinski definition) is 6. The van der Waals surface area contributed by atoms with Crippen LogP contribution in [0.25, 0.3) is 11.3 Å². The molecule has 8 heteroatoms. The summed E-state index contributed by atoms with van der Waals surface area (Å²) < 4.78 is 5.03. The number of carbonyl (C=O) groups excluding carboxylic acids is 2. The predicted octanol–water partition coefficient (Wildman–Crippen LogP) is 4.63. The second kappa shape index (κ2) is 7.77. The summed E-state index contributed by atoms with van der Waals surface area (Å²) in [6.07, 6.45) is 0. The summed E-state index contributed by atoms with van der Waals surface area (Å²) in [6, 6.07) is 9.16. The van der Waals surface area contributed by atoms with Crippen LogP contribution in [0.4, 0.5) is 5.13 Å². The third kappa shape index (κ3) is 4.25. The van der Waals surface area contributed by atoms with E-state index < -0.39 is 11.9 Å². The van der Waals surface area contributed by atoms with E-state index in [1.54, 1.807) is 16.8 Å². The smallest absolute Gasteiger partial charge is 0.349 e. The maximum absolute atomic E-state index is 11.9. The second-order valence-electron chi connectivity index (χ2n) is 5.07. The first-order valence-electron chi connectivity index (χ1n) is 7.26. The highest BCUT2D eigenvalue weighted by molar-refractivity contribution is 7.14. The molecule has 0 saturated carbocycles. The van der Waals surface area contributed by atoms with E-state index in [9.17, 15) is 9.59 Å². The van der Waals surface area contributed by atoms with Crippen molar-refractivity contribution in [3.05, 3.63) is 56.6 Å². The largest absolute Gasteiger partial charge is 0.451 e. The van der Waals surface area contributed by atoms with Crippen molar-refractivity contribution in [2.24, 2.45) is 0 Å². The van der Waals surface area contributed by atoms with Crippen LogP contribution in [0, 0.1) is 6.92 Å². The highest BCUT2D eigenvalue weighted by Gasteiger charge is 2.15. The molecule has 3 rings (SSSR count). The Balaban J connectivity index is 1.58. The highest BCUT2D eigenvalue weighted by Crippen LogP contribution is 2.30. The quantitative estimate of drug-likeness (QED) is 0.643. The highest BCUT2D eigenvalue weighted by atomic mass is 35.5. The molecule has 0 fully saturated rings. The Morgan fingerprint density at radius 3 is 2.76 bits per heavy atom. The van der Waals surface area contributed by atoms with Gasteiger partial charge >= 0.3 is 5.97 Å². The van der Waals surface area contributed by atoms with Crippen molar-refractivity contribution >= 4 is 51.3 Å². The van der Waals surface area contributed by atoms with Gasteiger partial charge in [-0.1, -0.05) is 29.8 Å². The first-order chi connectivity index (χ1) is 12.0. The summed E-state index contributed by atoms with van der Waals surface area (Å²) in [4.78, 5) is 28.7. The molecule has 5 nitrogen and oxygen atoms in total. The number of anilines is 1. The lowest BCUT2D eigenvalue weighted by Gasteiger charge is -2.04. The molecule has 0 aliphatic rings. The minimum absolute atomic E-state index is 0.364. The Hall–Kier alpha value is -2.22. The molecule has 1 amide bonds. The Kier molecular flexibility index (Phi) is 5.47. The number of hydrogen-bond donors (Lipinski definition) is 1. The number of nitrogens with zero attached hydrogens (tertiary/aromatic N) is 1. The van der Waals surface area contributed by atoms with Crippen molar-refractivity contribution in [1.82, 2.24) is 4.98 Å². The molecule has 128 valence electrons. The summed E-state index contributed by atoms with van der Waals surface area (Å²) in [6.45, 7) is 1.45. The SMILES string of the molecule is Cc1ccsc1C(=O)OCC(=O)Nc1nc(-c2ccccc2Cl)cs1. The molecule has 1 N–H and O–H groups in total. The standard InChI is InChI=1S/C17H13ClN2O3S2/c1-10-6-7-24-15(10)16(22)23-8-14(21)20-17-19-13(9-25-17)11-4-2-3-5-12(11)18/h2-7,9H,8H2,1H3,(H,19,20,21). The zero-order chi connectivity index (χ0) is 17.8. The van der Waals surface area contributed by atoms with Crippen LogP contribution in [-0.2, 0) is 9.53 Å². The Morgan fingerprint density at radius 2 is 2.04 bits per heavy atom. The van der Waals surface area contributed by atoms with Gasteiger partial charge in [0, 0.05) is 16.0 Å². The molecule has 0 aliphatic heterocycles. The molecule has 0 unspecified atom stereocenters. The molecule has 0 saturated heterocycles. The summed E-state index contributed by atoms with van der Waals surface area (Å²) in [5.41, 5.74) is 2.30. The van der Waals surface area contributed by atoms with Crippen LogP contribution in [0.1, 0.15) is 15.2 Å². The van der Waals surface area contributed by atoms with Crippen LogP contribution >= 0.6 is 34.3 Å². The van der Waals surface area contributed by atoms with Crippen LogP contribution in [0.5, 0.6) is 0 Å². The summed E-state index contributed by atoms with van der Waals surface area (Å²) >= 11 is 8.70. The molecule has 0 radical (unpaired) electrons. The fourth-order valence-electron chi connectivity index (χ4n) is 2.06. The van der Waals surface area contributed by atoms with Gasteiger partial charge in [0.2, 0.25) is 0 Å². The fourth-order valence-corrected chi connectivity index (χ4v) is 3.83. The van der Waals surface area contributed by atoms with E-state index in [0.29, 0.717) is 20.7 Å². The zero-order valence-corrected chi connectivity index (χ0v) is 15.5. The van der Waals surface area contributed by atoms with Gasteiger partial charge in [-0.2, -0.15) is 0 Å². The number of aryl methyl sites for hydroxylation is 1. The molecule has 0 spiro atoms. The van der Waals surface area contributed by atoms with Gasteiger partial charge in [-0.25, -0.2) is 9.78 Å². The van der Waals surface area contributed by atoms with Gasteiger partial charge in [0.05, 0.1) is 5.69 Å². The van der Waals surface area contributed by atoms with E-state index in [-0.39, 0.29) is 6.61 Å². The molecule has 2 heterocycles. The molecular weight excluding hydrogens is 380 g/mol. The van der Waals surface area contributed by atoms with Crippen molar-refractivity contribution in [3.63, 3.8) is 0 Å². The molecule has 1 aromatic carbocycles. The minimum atomic E-state index is -0.501. The molecule has 0 aliphatic carbocycles. The van der Waals surface area contributed by atoms with Crippen molar-refractivity contribution in [3.8, 4) is 11.3 Å². The predicted molar refractivity (Wildman–Crippen MR) is 101 cm³/mol. The van der Waals surface area contributed by atoms with E-state index in [4.69, 9.17) is 16.3 Å². The van der Waals surface area contributed by atoms with Crippen molar-refractivity contribution in [2.45, 2.75) is 6.92 Å². The normalized spacial score (nSPS) is 10.5. The van der Waals surface area contributed by atoms with E-state index in [2.05, 4.69) is 10.3 Å². The Labute approximate surface area is 157 Å². The number of nitrogens with one attached hydrogen (secondary N) is 1. The summed E-state index contributed by atoms with van der Waals surface area (Å²) in [7, 11) is 0. The molecule has 0 bridgehead atoms. The number of halogens is 1. The average Bonchev–Trinajstić information content (AvgIpc) is 3.22. The van der Waals surface area contributed by atoms with Gasteiger partial charge in [-0.3, -0.25) is 10.1 Å². The lowest BCUT2D eigenvalue weighted by molar-refractivity contribution is -0.119.